The molecular formula is C27H38O4. The van der Waals surface area contributed by atoms with Crippen molar-refractivity contribution >= 4 is 11.8 Å². The predicted octanol–water partition coefficient (Wildman–Crippen LogP) is 6.01. The van der Waals surface area contributed by atoms with Gasteiger partial charge >= 0.3 is 5.97 Å². The molecule has 0 spiro atoms. The molecule has 0 aromatic carbocycles. The van der Waals surface area contributed by atoms with Gasteiger partial charge < -0.3 is 9.15 Å². The molecule has 5 rings (SSSR count). The van der Waals surface area contributed by atoms with E-state index in [-0.39, 0.29) is 34.6 Å². The first-order valence-corrected chi connectivity index (χ1v) is 12.5. The van der Waals surface area contributed by atoms with Gasteiger partial charge in [-0.05, 0) is 85.7 Å². The highest BCUT2D eigenvalue weighted by molar-refractivity contribution is 5.95. The lowest BCUT2D eigenvalue weighted by molar-refractivity contribution is -0.160. The molecule has 0 aliphatic heterocycles. The molecule has 1 heterocycles. The summed E-state index contributed by atoms with van der Waals surface area (Å²) in [6.07, 6.45) is 9.26. The second kappa shape index (κ2) is 7.22. The number of Topliss-reactive ketones (excluding diaryl/α,β-unsaturated/α-hetero) is 1. The van der Waals surface area contributed by atoms with E-state index in [1.54, 1.807) is 6.92 Å². The molecule has 7 atom stereocenters. The molecule has 3 saturated carbocycles. The van der Waals surface area contributed by atoms with Gasteiger partial charge in [-0.2, -0.15) is 0 Å². The third kappa shape index (κ3) is 3.15. The van der Waals surface area contributed by atoms with Crippen LogP contribution in [-0.2, 0) is 22.4 Å². The molecule has 3 fully saturated rings. The monoisotopic (exact) mass is 426 g/mol. The summed E-state index contributed by atoms with van der Waals surface area (Å²) in [4.78, 5) is 24.2. The minimum Gasteiger partial charge on any atom is -0.462 e. The van der Waals surface area contributed by atoms with Crippen LogP contribution in [0.15, 0.2) is 10.5 Å². The van der Waals surface area contributed by atoms with Crippen LogP contribution in [0.25, 0.3) is 0 Å². The lowest BCUT2D eigenvalue weighted by Gasteiger charge is -2.59. The fourth-order valence-corrected chi connectivity index (χ4v) is 8.32. The van der Waals surface area contributed by atoms with Crippen molar-refractivity contribution in [2.24, 2.45) is 40.4 Å². The summed E-state index contributed by atoms with van der Waals surface area (Å²) in [7, 11) is 0. The highest BCUT2D eigenvalue weighted by Crippen LogP contribution is 2.66. The Kier molecular flexibility index (Phi) is 4.95. The van der Waals surface area contributed by atoms with Gasteiger partial charge in [-0.1, -0.05) is 27.7 Å². The zero-order valence-corrected chi connectivity index (χ0v) is 19.8. The molecule has 4 nitrogen and oxygen atoms in total. The number of esters is 1. The smallest absolute Gasteiger partial charge is 0.302 e. The summed E-state index contributed by atoms with van der Waals surface area (Å²) in [6, 6.07) is 2.06. The third-order valence-corrected chi connectivity index (χ3v) is 9.95. The van der Waals surface area contributed by atoms with Crippen molar-refractivity contribution in [1.29, 1.82) is 0 Å². The first-order valence-electron chi connectivity index (χ1n) is 12.5. The number of furan rings is 1. The van der Waals surface area contributed by atoms with Crippen molar-refractivity contribution in [2.75, 3.05) is 0 Å². The largest absolute Gasteiger partial charge is 0.462 e. The van der Waals surface area contributed by atoms with E-state index in [9.17, 15) is 9.59 Å². The molecule has 0 N–H and O–H groups in total. The summed E-state index contributed by atoms with van der Waals surface area (Å²) in [5.41, 5.74) is 1.70. The average molecular weight is 427 g/mol. The molecule has 0 unspecified atom stereocenters. The first-order chi connectivity index (χ1) is 14.6. The Hall–Kier alpha value is -1.58. The third-order valence-electron chi connectivity index (χ3n) is 9.95. The highest BCUT2D eigenvalue weighted by Gasteiger charge is 2.61. The maximum absolute atomic E-state index is 12.5. The summed E-state index contributed by atoms with van der Waals surface area (Å²) in [5, 5.41) is 0. The first kappa shape index (κ1) is 21.3. The van der Waals surface area contributed by atoms with Crippen molar-refractivity contribution < 1.29 is 18.7 Å². The second-order valence-corrected chi connectivity index (χ2v) is 11.8. The Balaban J connectivity index is 1.41. The quantitative estimate of drug-likeness (QED) is 0.439. The van der Waals surface area contributed by atoms with Gasteiger partial charge in [0.05, 0.1) is 0 Å². The number of carbonyl (C=O) groups excluding carboxylic acids is 2. The van der Waals surface area contributed by atoms with Crippen molar-refractivity contribution in [3.05, 3.63) is 23.2 Å². The van der Waals surface area contributed by atoms with Crippen molar-refractivity contribution in [3.63, 3.8) is 0 Å². The van der Waals surface area contributed by atoms with Gasteiger partial charge in [-0.25, -0.2) is 0 Å². The number of rotatable bonds is 3. The van der Waals surface area contributed by atoms with E-state index < -0.39 is 0 Å². The van der Waals surface area contributed by atoms with Crippen LogP contribution in [0.5, 0.6) is 0 Å². The molecular weight excluding hydrogens is 388 g/mol. The van der Waals surface area contributed by atoms with Crippen LogP contribution in [-0.4, -0.2) is 17.9 Å². The molecule has 4 aliphatic rings. The minimum absolute atomic E-state index is 0.0293. The van der Waals surface area contributed by atoms with Crippen LogP contribution in [0.2, 0.25) is 0 Å². The maximum atomic E-state index is 12.5. The maximum Gasteiger partial charge on any atom is 0.302 e. The number of hydrogen-bond acceptors (Lipinski definition) is 4. The van der Waals surface area contributed by atoms with Gasteiger partial charge in [0.1, 0.15) is 11.9 Å². The van der Waals surface area contributed by atoms with Gasteiger partial charge in [0.15, 0.2) is 5.76 Å². The zero-order valence-electron chi connectivity index (χ0n) is 19.8. The lowest BCUT2D eigenvalue weighted by atomic mass is 9.45. The SMILES string of the molecule is CC(=O)O[C@H]1CC[C@H]2[C@@H]3CC[C@H]4Cc5oc(C(=O)C(C)C)cc5C[C@]4(C)[C@H]3CC[C@]12C. The molecule has 0 amide bonds. The Bertz CT molecular complexity index is 897. The van der Waals surface area contributed by atoms with Crippen LogP contribution in [0.3, 0.4) is 0 Å². The van der Waals surface area contributed by atoms with Crippen LogP contribution in [0, 0.1) is 40.4 Å². The van der Waals surface area contributed by atoms with Crippen LogP contribution in [0.1, 0.15) is 95.0 Å². The highest BCUT2D eigenvalue weighted by atomic mass is 16.5. The fourth-order valence-electron chi connectivity index (χ4n) is 8.32. The number of ketones is 1. The van der Waals surface area contributed by atoms with Crippen LogP contribution >= 0.6 is 0 Å². The Morgan fingerprint density at radius 1 is 1.06 bits per heavy atom. The Morgan fingerprint density at radius 3 is 2.52 bits per heavy atom. The topological polar surface area (TPSA) is 56.5 Å². The predicted molar refractivity (Wildman–Crippen MR) is 119 cm³/mol. The van der Waals surface area contributed by atoms with Gasteiger partial charge in [-0.3, -0.25) is 9.59 Å². The molecule has 0 saturated heterocycles. The Labute approximate surface area is 186 Å². The number of fused-ring (bicyclic) bond motifs is 6. The van der Waals surface area contributed by atoms with Gasteiger partial charge in [0, 0.05) is 24.7 Å². The molecule has 0 radical (unpaired) electrons. The molecule has 4 aliphatic carbocycles. The molecule has 0 bridgehead atoms. The molecule has 31 heavy (non-hydrogen) atoms. The molecule has 4 heteroatoms. The van der Waals surface area contributed by atoms with E-state index in [4.69, 9.17) is 9.15 Å². The number of hydrogen-bond donors (Lipinski definition) is 0. The van der Waals surface area contributed by atoms with Crippen molar-refractivity contribution in [2.45, 2.75) is 92.1 Å². The van der Waals surface area contributed by atoms with E-state index >= 15 is 0 Å². The van der Waals surface area contributed by atoms with Crippen molar-refractivity contribution in [3.8, 4) is 0 Å². The Morgan fingerprint density at radius 2 is 1.81 bits per heavy atom. The van der Waals surface area contributed by atoms with E-state index in [1.165, 1.54) is 31.2 Å². The summed E-state index contributed by atoms with van der Waals surface area (Å²) in [5.74, 6) is 4.35. The van der Waals surface area contributed by atoms with E-state index in [2.05, 4.69) is 19.9 Å². The standard InChI is InChI=1S/C27H38O4/c1-15(2)25(29)23-12-17-14-27(5)18(13-22(17)31-23)6-7-19-20-8-9-24(30-16(3)28)26(20,4)11-10-21(19)27/h12,15,18-21,24H,6-11,13-14H2,1-5H3/t18-,19-,20-,21-,24-,26-,27-/m0/s1. The molecule has 1 aromatic rings. The van der Waals surface area contributed by atoms with Crippen LogP contribution < -0.4 is 0 Å². The number of ether oxygens (including phenoxy) is 1. The zero-order chi connectivity index (χ0) is 22.1. The van der Waals surface area contributed by atoms with Gasteiger partial charge in [-0.15, -0.1) is 0 Å². The number of carbonyl (C=O) groups is 2. The van der Waals surface area contributed by atoms with E-state index in [0.717, 1.165) is 37.4 Å². The molecule has 1 aromatic heterocycles. The normalized spacial score (nSPS) is 41.2. The van der Waals surface area contributed by atoms with Crippen molar-refractivity contribution in [1.82, 2.24) is 0 Å². The van der Waals surface area contributed by atoms with E-state index in [0.29, 0.717) is 23.5 Å². The minimum atomic E-state index is -0.129. The summed E-state index contributed by atoms with van der Waals surface area (Å²) < 4.78 is 11.9. The van der Waals surface area contributed by atoms with E-state index in [1.807, 2.05) is 13.8 Å². The lowest BCUT2D eigenvalue weighted by Crippen LogP contribution is -2.54. The van der Waals surface area contributed by atoms with Gasteiger partial charge in [0.25, 0.3) is 0 Å². The van der Waals surface area contributed by atoms with Crippen LogP contribution in [0.4, 0.5) is 0 Å². The molecule has 170 valence electrons. The summed E-state index contributed by atoms with van der Waals surface area (Å²) >= 11 is 0. The second-order valence-electron chi connectivity index (χ2n) is 11.8. The average Bonchev–Trinajstić information content (AvgIpc) is 3.25. The summed E-state index contributed by atoms with van der Waals surface area (Å²) in [6.45, 7) is 10.4. The fraction of sp³-hybridized carbons (Fsp3) is 0.778. The van der Waals surface area contributed by atoms with Gasteiger partial charge in [0.2, 0.25) is 5.78 Å².